The second kappa shape index (κ2) is 7.36. The van der Waals surface area contributed by atoms with Crippen LogP contribution in [0.2, 0.25) is 0 Å². The Balaban J connectivity index is 1.61. The highest BCUT2D eigenvalue weighted by molar-refractivity contribution is 7.99. The highest BCUT2D eigenvalue weighted by Crippen LogP contribution is 2.48. The Bertz CT molecular complexity index is 784. The van der Waals surface area contributed by atoms with Crippen LogP contribution in [0.15, 0.2) is 52.3 Å². The van der Waals surface area contributed by atoms with E-state index in [1.165, 1.54) is 53.6 Å². The molecule has 0 atom stereocenters. The molecule has 1 saturated heterocycles. The van der Waals surface area contributed by atoms with Crippen LogP contribution in [0.1, 0.15) is 24.8 Å². The maximum absolute atomic E-state index is 5.87. The van der Waals surface area contributed by atoms with Crippen LogP contribution < -0.4 is 10.6 Å². The second-order valence-corrected chi connectivity index (χ2v) is 8.19. The van der Waals surface area contributed by atoms with Gasteiger partial charge in [0, 0.05) is 21.9 Å². The third kappa shape index (κ3) is 3.54. The van der Waals surface area contributed by atoms with Crippen LogP contribution in [0, 0.1) is 0 Å². The normalized spacial score (nSPS) is 16.6. The second-order valence-electron chi connectivity index (χ2n) is 6.67. The molecule has 2 aromatic rings. The van der Waals surface area contributed by atoms with Gasteiger partial charge >= 0.3 is 0 Å². The maximum Gasteiger partial charge on any atom is 0.104 e. The molecule has 0 aliphatic carbocycles. The van der Waals surface area contributed by atoms with E-state index in [2.05, 4.69) is 46.2 Å². The third-order valence-electron chi connectivity index (χ3n) is 4.96. The van der Waals surface area contributed by atoms with Crippen molar-refractivity contribution in [3.05, 3.63) is 48.0 Å². The van der Waals surface area contributed by atoms with E-state index >= 15 is 0 Å². The van der Waals surface area contributed by atoms with Gasteiger partial charge in [0.1, 0.15) is 4.99 Å². The van der Waals surface area contributed by atoms with Crippen LogP contribution in [-0.2, 0) is 0 Å². The molecule has 0 saturated carbocycles. The standard InChI is InChI=1S/C20H23N3S2/c21-20(24)15-8-9-19-17(14-15)23(13-5-12-22-10-3-4-11-22)16-6-1-2-7-18(16)25-19/h1-2,6-9,14H,3-5,10-13H2,(H2,21,24). The van der Waals surface area contributed by atoms with Crippen molar-refractivity contribution in [2.45, 2.75) is 29.1 Å². The minimum Gasteiger partial charge on any atom is -0.389 e. The summed E-state index contributed by atoms with van der Waals surface area (Å²) in [4.78, 5) is 8.08. The van der Waals surface area contributed by atoms with Crippen molar-refractivity contribution in [3.63, 3.8) is 0 Å². The van der Waals surface area contributed by atoms with Crippen molar-refractivity contribution in [2.75, 3.05) is 31.1 Å². The predicted molar refractivity (Wildman–Crippen MR) is 110 cm³/mol. The van der Waals surface area contributed by atoms with Gasteiger partial charge in [0.05, 0.1) is 11.4 Å². The zero-order chi connectivity index (χ0) is 17.2. The van der Waals surface area contributed by atoms with Crippen molar-refractivity contribution >= 4 is 40.3 Å². The number of likely N-dealkylation sites (tertiary alicyclic amines) is 1. The number of anilines is 2. The molecule has 0 amide bonds. The van der Waals surface area contributed by atoms with Gasteiger partial charge < -0.3 is 15.5 Å². The Morgan fingerprint density at radius 3 is 2.56 bits per heavy atom. The molecular weight excluding hydrogens is 346 g/mol. The Labute approximate surface area is 159 Å². The molecule has 0 spiro atoms. The Kier molecular flexibility index (Phi) is 4.97. The van der Waals surface area contributed by atoms with E-state index in [9.17, 15) is 0 Å². The fourth-order valence-electron chi connectivity index (χ4n) is 3.68. The zero-order valence-electron chi connectivity index (χ0n) is 14.3. The first-order valence-electron chi connectivity index (χ1n) is 8.93. The largest absolute Gasteiger partial charge is 0.389 e. The fourth-order valence-corrected chi connectivity index (χ4v) is 4.89. The number of nitrogens with zero attached hydrogens (tertiary/aromatic N) is 2. The summed E-state index contributed by atoms with van der Waals surface area (Å²) >= 11 is 7.02. The lowest BCUT2D eigenvalue weighted by molar-refractivity contribution is 0.335. The van der Waals surface area contributed by atoms with Crippen LogP contribution in [0.4, 0.5) is 11.4 Å². The summed E-state index contributed by atoms with van der Waals surface area (Å²) in [5.41, 5.74) is 9.34. The molecule has 25 heavy (non-hydrogen) atoms. The van der Waals surface area contributed by atoms with Gasteiger partial charge in [0.25, 0.3) is 0 Å². The van der Waals surface area contributed by atoms with E-state index in [1.54, 1.807) is 0 Å². The lowest BCUT2D eigenvalue weighted by Gasteiger charge is -2.33. The van der Waals surface area contributed by atoms with Crippen LogP contribution in [0.25, 0.3) is 0 Å². The van der Waals surface area contributed by atoms with Gasteiger partial charge in [-0.3, -0.25) is 0 Å². The van der Waals surface area contributed by atoms with E-state index in [4.69, 9.17) is 18.0 Å². The summed E-state index contributed by atoms with van der Waals surface area (Å²) in [6.07, 6.45) is 3.86. The molecule has 2 N–H and O–H groups in total. The van der Waals surface area contributed by atoms with Gasteiger partial charge in [-0.05, 0) is 63.2 Å². The molecule has 0 bridgehead atoms. The first kappa shape index (κ1) is 16.9. The molecule has 3 nitrogen and oxygen atoms in total. The highest BCUT2D eigenvalue weighted by atomic mass is 32.2. The predicted octanol–water partition coefficient (Wildman–Crippen LogP) is 4.41. The van der Waals surface area contributed by atoms with Gasteiger partial charge in [0.2, 0.25) is 0 Å². The van der Waals surface area contributed by atoms with E-state index in [0.717, 1.165) is 18.5 Å². The number of benzene rings is 2. The van der Waals surface area contributed by atoms with Crippen LogP contribution in [-0.4, -0.2) is 36.1 Å². The number of rotatable bonds is 5. The van der Waals surface area contributed by atoms with Crippen molar-refractivity contribution in [1.82, 2.24) is 4.90 Å². The Morgan fingerprint density at radius 1 is 1.00 bits per heavy atom. The smallest absolute Gasteiger partial charge is 0.104 e. The number of nitrogens with two attached hydrogens (primary N) is 1. The number of para-hydroxylation sites is 1. The molecule has 2 heterocycles. The van der Waals surface area contributed by atoms with Crippen LogP contribution in [0.5, 0.6) is 0 Å². The van der Waals surface area contributed by atoms with Crippen molar-refractivity contribution in [3.8, 4) is 0 Å². The minimum absolute atomic E-state index is 0.462. The fraction of sp³-hybridized carbons (Fsp3) is 0.350. The van der Waals surface area contributed by atoms with Gasteiger partial charge in [-0.1, -0.05) is 42.2 Å². The molecule has 1 fully saturated rings. The Hall–Kier alpha value is -1.56. The van der Waals surface area contributed by atoms with Gasteiger partial charge in [-0.2, -0.15) is 0 Å². The van der Waals surface area contributed by atoms with E-state index in [1.807, 2.05) is 17.8 Å². The average Bonchev–Trinajstić information content (AvgIpc) is 3.14. The van der Waals surface area contributed by atoms with Crippen LogP contribution in [0.3, 0.4) is 0 Å². The summed E-state index contributed by atoms with van der Waals surface area (Å²) in [6, 6.07) is 15.0. The maximum atomic E-state index is 5.87. The van der Waals surface area contributed by atoms with Crippen molar-refractivity contribution in [2.24, 2.45) is 5.73 Å². The molecule has 130 valence electrons. The molecule has 0 aromatic heterocycles. The van der Waals surface area contributed by atoms with E-state index < -0.39 is 0 Å². The molecular formula is C20H23N3S2. The lowest BCUT2D eigenvalue weighted by Crippen LogP contribution is -2.27. The molecule has 2 aromatic carbocycles. The summed E-state index contributed by atoms with van der Waals surface area (Å²) in [6.45, 7) is 4.71. The highest BCUT2D eigenvalue weighted by Gasteiger charge is 2.23. The molecule has 2 aliphatic rings. The molecule has 5 heteroatoms. The molecule has 0 unspecified atom stereocenters. The first-order valence-corrected chi connectivity index (χ1v) is 10.2. The summed E-state index contributed by atoms with van der Waals surface area (Å²) in [5.74, 6) is 0. The monoisotopic (exact) mass is 369 g/mol. The first-order chi connectivity index (χ1) is 12.2. The summed E-state index contributed by atoms with van der Waals surface area (Å²) in [5, 5.41) is 0. The van der Waals surface area contributed by atoms with Gasteiger partial charge in [-0.15, -0.1) is 0 Å². The molecule has 2 aliphatic heterocycles. The average molecular weight is 370 g/mol. The minimum atomic E-state index is 0.462. The van der Waals surface area contributed by atoms with E-state index in [0.29, 0.717) is 4.99 Å². The summed E-state index contributed by atoms with van der Waals surface area (Å²) in [7, 11) is 0. The third-order valence-corrected chi connectivity index (χ3v) is 6.33. The van der Waals surface area contributed by atoms with Gasteiger partial charge in [0.15, 0.2) is 0 Å². The van der Waals surface area contributed by atoms with Gasteiger partial charge in [-0.25, -0.2) is 0 Å². The number of hydrogen-bond acceptors (Lipinski definition) is 4. The SMILES string of the molecule is NC(=S)c1ccc2c(c1)N(CCCN1CCCC1)c1ccccc1S2. The van der Waals surface area contributed by atoms with Crippen LogP contribution >= 0.6 is 24.0 Å². The zero-order valence-corrected chi connectivity index (χ0v) is 15.9. The Morgan fingerprint density at radius 2 is 1.76 bits per heavy atom. The molecule has 0 radical (unpaired) electrons. The summed E-state index contributed by atoms with van der Waals surface area (Å²) < 4.78 is 0. The quantitative estimate of drug-likeness (QED) is 0.789. The van der Waals surface area contributed by atoms with Crippen molar-refractivity contribution < 1.29 is 0 Å². The molecule has 4 rings (SSSR count). The van der Waals surface area contributed by atoms with E-state index in [-0.39, 0.29) is 0 Å². The lowest BCUT2D eigenvalue weighted by atomic mass is 10.1. The number of hydrogen-bond donors (Lipinski definition) is 1. The topological polar surface area (TPSA) is 32.5 Å². The van der Waals surface area contributed by atoms with Crippen molar-refractivity contribution in [1.29, 1.82) is 0 Å². The number of fused-ring (bicyclic) bond motifs is 2. The number of thiocarbonyl (C=S) groups is 1.